The van der Waals surface area contributed by atoms with Gasteiger partial charge in [0, 0.05) is 17.7 Å². The average Bonchev–Trinajstić information content (AvgIpc) is 2.49. The van der Waals surface area contributed by atoms with Gasteiger partial charge < -0.3 is 10.1 Å². The van der Waals surface area contributed by atoms with Gasteiger partial charge in [-0.1, -0.05) is 18.2 Å². The lowest BCUT2D eigenvalue weighted by Crippen LogP contribution is -2.20. The zero-order valence-corrected chi connectivity index (χ0v) is 11.8. The first-order valence-corrected chi connectivity index (χ1v) is 6.50. The van der Waals surface area contributed by atoms with Crippen LogP contribution in [0, 0.1) is 17.5 Å². The Morgan fingerprint density at radius 1 is 1.10 bits per heavy atom. The van der Waals surface area contributed by atoms with Gasteiger partial charge in [-0.3, -0.25) is 0 Å². The lowest BCUT2D eigenvalue weighted by molar-refractivity contribution is 0.409. The van der Waals surface area contributed by atoms with E-state index < -0.39 is 23.5 Å². The summed E-state index contributed by atoms with van der Waals surface area (Å²) in [7, 11) is 3.09. The first kappa shape index (κ1) is 15.4. The fourth-order valence-corrected chi connectivity index (χ4v) is 2.21. The van der Waals surface area contributed by atoms with E-state index in [4.69, 9.17) is 4.74 Å². The van der Waals surface area contributed by atoms with Crippen molar-refractivity contribution in [2.45, 2.75) is 12.5 Å². The normalized spacial score (nSPS) is 12.2. The number of likely N-dealkylation sites (N-methyl/N-ethyl adjacent to an activating group) is 1. The molecule has 21 heavy (non-hydrogen) atoms. The molecule has 1 N–H and O–H groups in total. The Labute approximate surface area is 121 Å². The third-order valence-electron chi connectivity index (χ3n) is 3.39. The van der Waals surface area contributed by atoms with E-state index in [1.54, 1.807) is 19.2 Å². The molecule has 1 unspecified atom stereocenters. The molecular formula is C16H16F3NO. The lowest BCUT2D eigenvalue weighted by atomic mass is 9.98. The van der Waals surface area contributed by atoms with Crippen LogP contribution >= 0.6 is 0 Å². The fourth-order valence-electron chi connectivity index (χ4n) is 2.21. The summed E-state index contributed by atoms with van der Waals surface area (Å²) in [6.45, 7) is 0. The smallest absolute Gasteiger partial charge is 0.162 e. The molecule has 0 saturated heterocycles. The average molecular weight is 295 g/mol. The van der Waals surface area contributed by atoms with E-state index in [0.717, 1.165) is 6.07 Å². The van der Waals surface area contributed by atoms with Crippen molar-refractivity contribution in [3.8, 4) is 5.75 Å². The van der Waals surface area contributed by atoms with Crippen molar-refractivity contribution in [1.29, 1.82) is 0 Å². The highest BCUT2D eigenvalue weighted by atomic mass is 19.2. The Kier molecular flexibility index (Phi) is 4.85. The molecule has 0 heterocycles. The minimum absolute atomic E-state index is 0.142. The summed E-state index contributed by atoms with van der Waals surface area (Å²) in [5, 5.41) is 2.92. The van der Waals surface area contributed by atoms with Gasteiger partial charge >= 0.3 is 0 Å². The standard InChI is InChI=1S/C16H16F3NO/c1-20-15(8-10-4-3-5-13(17)16(10)19)12-7-6-11(21-2)9-14(12)18/h3-7,9,15,20H,8H2,1-2H3. The van der Waals surface area contributed by atoms with E-state index >= 15 is 0 Å². The molecule has 0 bridgehead atoms. The van der Waals surface area contributed by atoms with Gasteiger partial charge in [-0.2, -0.15) is 0 Å². The van der Waals surface area contributed by atoms with E-state index in [9.17, 15) is 13.2 Å². The molecule has 2 aromatic carbocycles. The first-order chi connectivity index (χ1) is 10.1. The number of methoxy groups -OCH3 is 1. The highest BCUT2D eigenvalue weighted by Gasteiger charge is 2.18. The Morgan fingerprint density at radius 3 is 2.48 bits per heavy atom. The molecule has 2 aromatic rings. The van der Waals surface area contributed by atoms with E-state index in [2.05, 4.69) is 5.32 Å². The largest absolute Gasteiger partial charge is 0.497 e. The summed E-state index contributed by atoms with van der Waals surface area (Å²) < 4.78 is 46.0. The van der Waals surface area contributed by atoms with E-state index in [1.807, 2.05) is 0 Å². The van der Waals surface area contributed by atoms with Crippen molar-refractivity contribution in [1.82, 2.24) is 5.32 Å². The molecule has 5 heteroatoms. The molecule has 2 rings (SSSR count). The first-order valence-electron chi connectivity index (χ1n) is 6.50. The lowest BCUT2D eigenvalue weighted by Gasteiger charge is -2.18. The molecule has 0 amide bonds. The highest BCUT2D eigenvalue weighted by molar-refractivity contribution is 5.32. The molecule has 0 aliphatic heterocycles. The third-order valence-corrected chi connectivity index (χ3v) is 3.39. The van der Waals surface area contributed by atoms with Gasteiger partial charge in [0.25, 0.3) is 0 Å². The number of hydrogen-bond acceptors (Lipinski definition) is 2. The van der Waals surface area contributed by atoms with Crippen LogP contribution in [-0.4, -0.2) is 14.2 Å². The van der Waals surface area contributed by atoms with Crippen molar-refractivity contribution in [3.63, 3.8) is 0 Å². The van der Waals surface area contributed by atoms with Crippen LogP contribution in [0.25, 0.3) is 0 Å². The number of hydrogen-bond donors (Lipinski definition) is 1. The molecule has 112 valence electrons. The van der Waals surface area contributed by atoms with Gasteiger partial charge in [0.1, 0.15) is 11.6 Å². The predicted molar refractivity (Wildman–Crippen MR) is 74.8 cm³/mol. The SMILES string of the molecule is CNC(Cc1cccc(F)c1F)c1ccc(OC)cc1F. The van der Waals surface area contributed by atoms with Crippen molar-refractivity contribution < 1.29 is 17.9 Å². The molecule has 0 radical (unpaired) electrons. The van der Waals surface area contributed by atoms with Crippen LogP contribution < -0.4 is 10.1 Å². The van der Waals surface area contributed by atoms with Crippen LogP contribution in [0.15, 0.2) is 36.4 Å². The third kappa shape index (κ3) is 3.36. The Hall–Kier alpha value is -2.01. The second kappa shape index (κ2) is 6.63. The Morgan fingerprint density at radius 2 is 1.86 bits per heavy atom. The van der Waals surface area contributed by atoms with Gasteiger partial charge in [-0.25, -0.2) is 13.2 Å². The number of rotatable bonds is 5. The highest BCUT2D eigenvalue weighted by Crippen LogP contribution is 2.25. The summed E-state index contributed by atoms with van der Waals surface area (Å²) in [4.78, 5) is 0. The maximum Gasteiger partial charge on any atom is 0.162 e. The molecule has 0 aliphatic rings. The van der Waals surface area contributed by atoms with Gasteiger partial charge in [-0.15, -0.1) is 0 Å². The summed E-state index contributed by atoms with van der Waals surface area (Å²) in [6.07, 6.45) is 0.142. The second-order valence-corrected chi connectivity index (χ2v) is 4.65. The molecular weight excluding hydrogens is 279 g/mol. The quantitative estimate of drug-likeness (QED) is 0.909. The number of benzene rings is 2. The number of halogens is 3. The van der Waals surface area contributed by atoms with Crippen LogP contribution in [0.5, 0.6) is 5.75 Å². The van der Waals surface area contributed by atoms with Crippen LogP contribution in [-0.2, 0) is 6.42 Å². The van der Waals surface area contributed by atoms with Gasteiger partial charge in [0.05, 0.1) is 7.11 Å². The summed E-state index contributed by atoms with van der Waals surface area (Å²) in [5.74, 6) is -1.85. The van der Waals surface area contributed by atoms with Crippen LogP contribution in [0.1, 0.15) is 17.2 Å². The molecule has 0 saturated carbocycles. The van der Waals surface area contributed by atoms with Crippen molar-refractivity contribution in [2.75, 3.05) is 14.2 Å². The van der Waals surface area contributed by atoms with Crippen LogP contribution in [0.2, 0.25) is 0 Å². The molecule has 2 nitrogen and oxygen atoms in total. The van der Waals surface area contributed by atoms with Crippen LogP contribution in [0.4, 0.5) is 13.2 Å². The number of ether oxygens (including phenoxy) is 1. The van der Waals surface area contributed by atoms with Gasteiger partial charge in [0.2, 0.25) is 0 Å². The summed E-state index contributed by atoms with van der Waals surface area (Å²) in [5.41, 5.74) is 0.575. The minimum Gasteiger partial charge on any atom is -0.497 e. The predicted octanol–water partition coefficient (Wildman–Crippen LogP) is 3.62. The molecule has 0 aromatic heterocycles. The zero-order chi connectivity index (χ0) is 15.4. The van der Waals surface area contributed by atoms with Crippen molar-refractivity contribution in [2.24, 2.45) is 0 Å². The molecule has 0 fully saturated rings. The summed E-state index contributed by atoms with van der Waals surface area (Å²) in [6, 6.07) is 7.99. The molecule has 0 spiro atoms. The second-order valence-electron chi connectivity index (χ2n) is 4.65. The van der Waals surface area contributed by atoms with E-state index in [-0.39, 0.29) is 12.0 Å². The van der Waals surface area contributed by atoms with E-state index in [0.29, 0.717) is 11.3 Å². The Bertz CT molecular complexity index is 631. The molecule has 0 aliphatic carbocycles. The zero-order valence-electron chi connectivity index (χ0n) is 11.8. The van der Waals surface area contributed by atoms with Crippen molar-refractivity contribution in [3.05, 3.63) is 65.0 Å². The van der Waals surface area contributed by atoms with E-state index in [1.165, 1.54) is 25.3 Å². The van der Waals surface area contributed by atoms with Crippen molar-refractivity contribution >= 4 is 0 Å². The van der Waals surface area contributed by atoms with Gasteiger partial charge in [-0.05, 0) is 31.2 Å². The monoisotopic (exact) mass is 295 g/mol. The minimum atomic E-state index is -0.905. The maximum absolute atomic E-state index is 14.1. The summed E-state index contributed by atoms with van der Waals surface area (Å²) >= 11 is 0. The van der Waals surface area contributed by atoms with Crippen LogP contribution in [0.3, 0.4) is 0 Å². The topological polar surface area (TPSA) is 21.3 Å². The number of nitrogens with one attached hydrogen (secondary N) is 1. The maximum atomic E-state index is 14.1. The molecule has 1 atom stereocenters. The van der Waals surface area contributed by atoms with Gasteiger partial charge in [0.15, 0.2) is 11.6 Å². The Balaban J connectivity index is 2.30. The fraction of sp³-hybridized carbons (Fsp3) is 0.250.